The normalized spacial score (nSPS) is 10.2. The highest BCUT2D eigenvalue weighted by Crippen LogP contribution is 2.25. The van der Waals surface area contributed by atoms with Gasteiger partial charge in [-0.25, -0.2) is 9.37 Å². The fraction of sp³-hybridized carbons (Fsp3) is 0.0714. The van der Waals surface area contributed by atoms with Crippen molar-refractivity contribution in [2.45, 2.75) is 0 Å². The Bertz CT molecular complexity index is 739. The number of amides is 1. The van der Waals surface area contributed by atoms with Crippen molar-refractivity contribution in [2.24, 2.45) is 0 Å². The van der Waals surface area contributed by atoms with Gasteiger partial charge in [-0.05, 0) is 23.8 Å². The Morgan fingerprint density at radius 3 is 2.59 bits per heavy atom. The summed E-state index contributed by atoms with van der Waals surface area (Å²) in [6, 6.07) is 6.85. The molecule has 0 saturated heterocycles. The maximum atomic E-state index is 13.2. The molecule has 0 unspecified atom stereocenters. The Morgan fingerprint density at radius 1 is 1.27 bits per heavy atom. The number of aliphatic carboxylic acids is 1. The smallest absolute Gasteiger partial charge is 0.321 e. The Kier molecular flexibility index (Phi) is 4.40. The van der Waals surface area contributed by atoms with Gasteiger partial charge in [-0.2, -0.15) is 0 Å². The van der Waals surface area contributed by atoms with Crippen molar-refractivity contribution >= 4 is 19.9 Å². The number of rotatable bonds is 4. The third kappa shape index (κ3) is 3.40. The Labute approximate surface area is 126 Å². The molecule has 0 saturated carbocycles. The Morgan fingerprint density at radius 2 is 2.00 bits per heavy atom. The zero-order chi connectivity index (χ0) is 16.3. The van der Waals surface area contributed by atoms with E-state index in [2.05, 4.69) is 4.98 Å². The molecule has 0 fully saturated rings. The lowest BCUT2D eigenvalue weighted by Crippen LogP contribution is -2.33. The van der Waals surface area contributed by atoms with Gasteiger partial charge in [0.1, 0.15) is 18.1 Å². The van der Waals surface area contributed by atoms with E-state index in [1.54, 1.807) is 6.07 Å². The van der Waals surface area contributed by atoms with Crippen LogP contribution in [0.1, 0.15) is 10.5 Å². The van der Waals surface area contributed by atoms with E-state index in [-0.39, 0.29) is 5.69 Å². The second kappa shape index (κ2) is 6.25. The topological polar surface area (TPSA) is 90.7 Å². The summed E-state index contributed by atoms with van der Waals surface area (Å²) in [4.78, 5) is 26.6. The van der Waals surface area contributed by atoms with Crippen LogP contribution in [0.25, 0.3) is 11.1 Å². The third-order valence-corrected chi connectivity index (χ3v) is 2.79. The molecule has 1 aromatic heterocycles. The van der Waals surface area contributed by atoms with Gasteiger partial charge in [0.25, 0.3) is 5.91 Å². The molecule has 0 aliphatic carbocycles. The number of hydrogen-bond donors (Lipinski definition) is 2. The molecule has 1 amide bonds. The van der Waals surface area contributed by atoms with Crippen LogP contribution >= 0.6 is 0 Å². The van der Waals surface area contributed by atoms with Crippen LogP contribution in [-0.4, -0.2) is 46.4 Å². The minimum Gasteiger partial charge on any atom is -0.505 e. The summed E-state index contributed by atoms with van der Waals surface area (Å²) in [5.41, 5.74) is 0.483. The first-order valence-corrected chi connectivity index (χ1v) is 6.12. The zero-order valence-corrected chi connectivity index (χ0v) is 11.2. The first-order valence-electron chi connectivity index (χ1n) is 6.12. The van der Waals surface area contributed by atoms with E-state index in [1.807, 2.05) is 0 Å². The highest BCUT2D eigenvalue weighted by molar-refractivity contribution is 6.19. The molecule has 110 valence electrons. The molecule has 6 nitrogen and oxygen atoms in total. The van der Waals surface area contributed by atoms with Gasteiger partial charge < -0.3 is 15.0 Å². The predicted molar refractivity (Wildman–Crippen MR) is 75.7 cm³/mol. The van der Waals surface area contributed by atoms with Crippen molar-refractivity contribution in [1.82, 2.24) is 9.79 Å². The quantitative estimate of drug-likeness (QED) is 0.828. The molecule has 1 aromatic carbocycles. The molecule has 0 bridgehead atoms. The first-order chi connectivity index (χ1) is 10.4. The molecule has 22 heavy (non-hydrogen) atoms. The summed E-state index contributed by atoms with van der Waals surface area (Å²) < 4.78 is 13.2. The lowest BCUT2D eigenvalue weighted by atomic mass is 10.1. The lowest BCUT2D eigenvalue weighted by Gasteiger charge is -2.15. The second-order valence-electron chi connectivity index (χ2n) is 4.43. The zero-order valence-electron chi connectivity index (χ0n) is 11.2. The number of benzene rings is 1. The number of carboxylic acids is 1. The van der Waals surface area contributed by atoms with Crippen LogP contribution < -0.4 is 0 Å². The van der Waals surface area contributed by atoms with Crippen molar-refractivity contribution in [3.63, 3.8) is 0 Å². The molecule has 8 heteroatoms. The minimum atomic E-state index is -1.30. The molecular formula is C14H10BFN2O4. The first kappa shape index (κ1) is 15.5. The van der Waals surface area contributed by atoms with Crippen molar-refractivity contribution in [3.8, 4) is 16.9 Å². The lowest BCUT2D eigenvalue weighted by molar-refractivity contribution is -0.136. The molecule has 0 spiro atoms. The molecule has 2 N–H and O–H groups in total. The van der Waals surface area contributed by atoms with Crippen LogP contribution in [0, 0.1) is 5.82 Å². The van der Waals surface area contributed by atoms with Gasteiger partial charge in [0.05, 0.1) is 0 Å². The van der Waals surface area contributed by atoms with Crippen LogP contribution in [0.4, 0.5) is 4.39 Å². The number of nitrogens with zero attached hydrogens (tertiary/aromatic N) is 2. The van der Waals surface area contributed by atoms with Gasteiger partial charge in [-0.1, -0.05) is 12.1 Å². The van der Waals surface area contributed by atoms with E-state index in [0.717, 1.165) is 0 Å². The molecule has 0 aliphatic heterocycles. The minimum absolute atomic E-state index is 0.385. The number of pyridine rings is 1. The average Bonchev–Trinajstić information content (AvgIpc) is 2.45. The number of hydrogen-bond acceptors (Lipinski definition) is 4. The molecule has 2 aromatic rings. The summed E-state index contributed by atoms with van der Waals surface area (Å²) in [5, 5.41) is 18.4. The monoisotopic (exact) mass is 300 g/mol. The number of carbonyl (C=O) groups excluding carboxylic acids is 1. The maximum absolute atomic E-state index is 13.2. The van der Waals surface area contributed by atoms with E-state index in [0.29, 0.717) is 15.9 Å². The summed E-state index contributed by atoms with van der Waals surface area (Å²) in [6.45, 7) is -0.731. The highest BCUT2D eigenvalue weighted by Gasteiger charge is 2.19. The molecule has 0 aliphatic rings. The summed E-state index contributed by atoms with van der Waals surface area (Å²) >= 11 is 0. The van der Waals surface area contributed by atoms with Gasteiger partial charge in [0.2, 0.25) is 7.98 Å². The van der Waals surface area contributed by atoms with E-state index < -0.39 is 30.0 Å². The van der Waals surface area contributed by atoms with Crippen LogP contribution in [0.5, 0.6) is 5.75 Å². The van der Waals surface area contributed by atoms with Crippen molar-refractivity contribution < 1.29 is 24.2 Å². The summed E-state index contributed by atoms with van der Waals surface area (Å²) in [5.74, 6) is -3.17. The number of aromatic hydroxyl groups is 1. The third-order valence-electron chi connectivity index (χ3n) is 2.79. The molecule has 0 atom stereocenters. The molecule has 2 rings (SSSR count). The fourth-order valence-corrected chi connectivity index (χ4v) is 1.80. The SMILES string of the molecule is [B]N(CC(=O)O)C(=O)c1ncc(-c2cccc(F)c2)cc1O. The van der Waals surface area contributed by atoms with Gasteiger partial charge in [-0.15, -0.1) is 0 Å². The van der Waals surface area contributed by atoms with E-state index in [9.17, 15) is 19.1 Å². The van der Waals surface area contributed by atoms with Gasteiger partial charge in [0, 0.05) is 11.8 Å². The van der Waals surface area contributed by atoms with Gasteiger partial charge in [0.15, 0.2) is 5.69 Å². The number of carboxylic acid groups (broad SMARTS) is 1. The highest BCUT2D eigenvalue weighted by atomic mass is 19.1. The van der Waals surface area contributed by atoms with E-state index in [1.165, 1.54) is 30.5 Å². The number of halogens is 1. The summed E-state index contributed by atoms with van der Waals surface area (Å²) in [6.07, 6.45) is 1.26. The average molecular weight is 300 g/mol. The van der Waals surface area contributed by atoms with Gasteiger partial charge >= 0.3 is 5.97 Å². The van der Waals surface area contributed by atoms with E-state index >= 15 is 0 Å². The maximum Gasteiger partial charge on any atom is 0.321 e. The fourth-order valence-electron chi connectivity index (χ4n) is 1.80. The number of aromatic nitrogens is 1. The van der Waals surface area contributed by atoms with Crippen LogP contribution in [0.3, 0.4) is 0 Å². The van der Waals surface area contributed by atoms with Crippen molar-refractivity contribution in [2.75, 3.05) is 6.54 Å². The van der Waals surface area contributed by atoms with Crippen LogP contribution in [-0.2, 0) is 4.79 Å². The Hall–Kier alpha value is -2.90. The van der Waals surface area contributed by atoms with E-state index in [4.69, 9.17) is 13.1 Å². The largest absolute Gasteiger partial charge is 0.505 e. The van der Waals surface area contributed by atoms with Crippen LogP contribution in [0.2, 0.25) is 0 Å². The molecule has 1 heterocycles. The van der Waals surface area contributed by atoms with Gasteiger partial charge in [-0.3, -0.25) is 9.59 Å². The van der Waals surface area contributed by atoms with Crippen LogP contribution in [0.15, 0.2) is 36.5 Å². The number of carbonyl (C=O) groups is 2. The standard InChI is InChI=1S/C14H10BFN2O4/c15-18(7-12(20)21)14(22)13-11(19)5-9(6-17-13)8-2-1-3-10(16)4-8/h1-6,19H,7H2,(H,20,21). The van der Waals surface area contributed by atoms with Crippen molar-refractivity contribution in [1.29, 1.82) is 0 Å². The predicted octanol–water partition coefficient (Wildman–Crippen LogP) is 1.20. The summed E-state index contributed by atoms with van der Waals surface area (Å²) in [7, 11) is 5.29. The van der Waals surface area contributed by atoms with Crippen molar-refractivity contribution in [3.05, 3.63) is 48.0 Å². The molecule has 2 radical (unpaired) electrons. The molecular weight excluding hydrogens is 290 g/mol. The second-order valence-corrected chi connectivity index (χ2v) is 4.43. The Balaban J connectivity index is 2.30.